The van der Waals surface area contributed by atoms with Crippen LogP contribution in [-0.4, -0.2) is 12.5 Å². The fourth-order valence-electron chi connectivity index (χ4n) is 0.350. The van der Waals surface area contributed by atoms with Gasteiger partial charge in [-0.25, -0.2) is 5.48 Å². The molecule has 0 aromatic rings. The van der Waals surface area contributed by atoms with Crippen LogP contribution in [0, 0.1) is 0 Å². The predicted octanol–water partition coefficient (Wildman–Crippen LogP) is 0.0258. The maximum absolute atomic E-state index is 10.1. The fraction of sp³-hybridized carbons (Fsp3) is 0.250. The second-order valence-corrected chi connectivity index (χ2v) is 1.18. The van der Waals surface area contributed by atoms with Crippen LogP contribution in [0.5, 0.6) is 0 Å². The molecule has 0 aromatic heterocycles. The second kappa shape index (κ2) is 3.46. The Kier molecular flexibility index (Phi) is 3.23. The molecule has 0 spiro atoms. The average Bonchev–Trinajstić information content (AvgIpc) is 1.69. The Hall–Kier alpha value is -0.540. The van der Waals surface area contributed by atoms with Crippen molar-refractivity contribution in [3.05, 3.63) is 12.2 Å². The van der Waals surface area contributed by atoms with E-state index in [2.05, 4.69) is 10.3 Å². The summed E-state index contributed by atoms with van der Waals surface area (Å²) in [6.45, 7) is 0.478. The first kappa shape index (κ1) is 7.46. The summed E-state index contributed by atoms with van der Waals surface area (Å²) in [5.74, 6) is -0.189. The molecular formula is C4H6ClNO2. The first-order valence-corrected chi connectivity index (χ1v) is 1.98. The average molecular weight is 136 g/mol. The third-order valence-electron chi connectivity index (χ3n) is 0.622. The Labute approximate surface area is 53.1 Å². The lowest BCUT2D eigenvalue weighted by molar-refractivity contribution is -0.128. The molecule has 0 saturated heterocycles. The molecule has 0 fully saturated rings. The van der Waals surface area contributed by atoms with E-state index >= 15 is 0 Å². The Morgan fingerprint density at radius 2 is 2.50 bits per heavy atom. The molecule has 8 heavy (non-hydrogen) atoms. The standard InChI is InChI=1S/C4H5NO2.ClH/c6-4-2-1-3-7-5-4;/h1-2H,3H2,(H,5,6);1H. The van der Waals surface area contributed by atoms with Gasteiger partial charge in [0.25, 0.3) is 5.91 Å². The molecule has 1 N–H and O–H groups in total. The molecule has 3 nitrogen and oxygen atoms in total. The fourth-order valence-corrected chi connectivity index (χ4v) is 0.350. The SMILES string of the molecule is Cl.O=C1C=CCON1. The molecule has 4 heteroatoms. The van der Waals surface area contributed by atoms with Crippen LogP contribution < -0.4 is 5.48 Å². The van der Waals surface area contributed by atoms with E-state index in [4.69, 9.17) is 0 Å². The van der Waals surface area contributed by atoms with E-state index in [1.807, 2.05) is 0 Å². The highest BCUT2D eigenvalue weighted by Crippen LogP contribution is 1.81. The molecular weight excluding hydrogens is 130 g/mol. The first-order valence-electron chi connectivity index (χ1n) is 1.98. The maximum Gasteiger partial charge on any atom is 0.267 e. The molecule has 1 aliphatic rings. The lowest BCUT2D eigenvalue weighted by Crippen LogP contribution is -2.24. The van der Waals surface area contributed by atoms with E-state index in [9.17, 15) is 4.79 Å². The minimum absolute atomic E-state index is 0. The largest absolute Gasteiger partial charge is 0.269 e. The predicted molar refractivity (Wildman–Crippen MR) is 30.5 cm³/mol. The number of amides is 1. The minimum atomic E-state index is -0.189. The number of halogens is 1. The van der Waals surface area contributed by atoms with Gasteiger partial charge in [0.05, 0.1) is 6.61 Å². The smallest absolute Gasteiger partial charge is 0.267 e. The highest BCUT2D eigenvalue weighted by atomic mass is 35.5. The molecule has 0 radical (unpaired) electrons. The van der Waals surface area contributed by atoms with Crippen molar-refractivity contribution >= 4 is 18.3 Å². The van der Waals surface area contributed by atoms with Gasteiger partial charge in [-0.1, -0.05) is 6.08 Å². The van der Waals surface area contributed by atoms with E-state index in [0.717, 1.165) is 0 Å². The van der Waals surface area contributed by atoms with E-state index < -0.39 is 0 Å². The number of nitrogens with one attached hydrogen (secondary N) is 1. The second-order valence-electron chi connectivity index (χ2n) is 1.18. The zero-order chi connectivity index (χ0) is 5.11. The topological polar surface area (TPSA) is 38.3 Å². The van der Waals surface area contributed by atoms with Gasteiger partial charge in [-0.15, -0.1) is 12.4 Å². The van der Waals surface area contributed by atoms with E-state index in [0.29, 0.717) is 6.61 Å². The highest BCUT2D eigenvalue weighted by molar-refractivity contribution is 5.87. The Bertz CT molecular complexity index is 113. The molecule has 0 unspecified atom stereocenters. The maximum atomic E-state index is 10.1. The van der Waals surface area contributed by atoms with Crippen molar-refractivity contribution in [2.24, 2.45) is 0 Å². The lowest BCUT2D eigenvalue weighted by Gasteiger charge is -2.02. The van der Waals surface area contributed by atoms with Crippen LogP contribution in [0.25, 0.3) is 0 Å². The molecule has 0 bridgehead atoms. The first-order chi connectivity index (χ1) is 3.39. The summed E-state index contributed by atoms with van der Waals surface area (Å²) < 4.78 is 0. The van der Waals surface area contributed by atoms with Crippen LogP contribution in [-0.2, 0) is 9.63 Å². The van der Waals surface area contributed by atoms with Crippen LogP contribution in [0.1, 0.15) is 0 Å². The normalized spacial score (nSPS) is 16.8. The van der Waals surface area contributed by atoms with Gasteiger partial charge in [-0.3, -0.25) is 9.63 Å². The molecule has 0 saturated carbocycles. The zero-order valence-corrected chi connectivity index (χ0v) is 4.90. The summed E-state index contributed by atoms with van der Waals surface area (Å²) in [5.41, 5.74) is 2.16. The third kappa shape index (κ3) is 1.95. The van der Waals surface area contributed by atoms with Gasteiger partial charge in [-0.05, 0) is 0 Å². The van der Waals surface area contributed by atoms with Crippen LogP contribution >= 0.6 is 12.4 Å². The van der Waals surface area contributed by atoms with Crippen LogP contribution in [0.15, 0.2) is 12.2 Å². The molecule has 1 heterocycles. The van der Waals surface area contributed by atoms with E-state index in [-0.39, 0.29) is 18.3 Å². The number of hydroxylamine groups is 1. The van der Waals surface area contributed by atoms with Gasteiger partial charge in [-0.2, -0.15) is 0 Å². The third-order valence-corrected chi connectivity index (χ3v) is 0.622. The molecule has 0 atom stereocenters. The summed E-state index contributed by atoms with van der Waals surface area (Å²) >= 11 is 0. The van der Waals surface area contributed by atoms with Gasteiger partial charge < -0.3 is 0 Å². The molecule has 0 aromatic carbocycles. The molecule has 0 aliphatic carbocycles. The molecule has 1 rings (SSSR count). The monoisotopic (exact) mass is 135 g/mol. The summed E-state index contributed by atoms with van der Waals surface area (Å²) in [6, 6.07) is 0. The van der Waals surface area contributed by atoms with Gasteiger partial charge in [0.1, 0.15) is 0 Å². The molecule has 46 valence electrons. The van der Waals surface area contributed by atoms with Crippen molar-refractivity contribution in [2.45, 2.75) is 0 Å². The van der Waals surface area contributed by atoms with Crippen molar-refractivity contribution in [1.82, 2.24) is 5.48 Å². The summed E-state index contributed by atoms with van der Waals surface area (Å²) in [7, 11) is 0. The van der Waals surface area contributed by atoms with Crippen LogP contribution in [0.4, 0.5) is 0 Å². The lowest BCUT2D eigenvalue weighted by atomic mass is 10.5. The van der Waals surface area contributed by atoms with Crippen LogP contribution in [0.3, 0.4) is 0 Å². The Morgan fingerprint density at radius 3 is 2.75 bits per heavy atom. The highest BCUT2D eigenvalue weighted by Gasteiger charge is 1.96. The Balaban J connectivity index is 0.000000490. The zero-order valence-electron chi connectivity index (χ0n) is 4.09. The summed E-state index contributed by atoms with van der Waals surface area (Å²) in [4.78, 5) is 14.6. The summed E-state index contributed by atoms with van der Waals surface area (Å²) in [5, 5.41) is 0. The van der Waals surface area contributed by atoms with Gasteiger partial charge in [0.15, 0.2) is 0 Å². The number of carbonyl (C=O) groups excluding carboxylic acids is 1. The molecule has 1 amide bonds. The number of hydrogen-bond acceptors (Lipinski definition) is 2. The quantitative estimate of drug-likeness (QED) is 0.509. The van der Waals surface area contributed by atoms with Crippen LogP contribution in [0.2, 0.25) is 0 Å². The van der Waals surface area contributed by atoms with E-state index in [1.165, 1.54) is 6.08 Å². The van der Waals surface area contributed by atoms with E-state index in [1.54, 1.807) is 6.08 Å². The van der Waals surface area contributed by atoms with Crippen molar-refractivity contribution in [3.8, 4) is 0 Å². The van der Waals surface area contributed by atoms with Crippen molar-refractivity contribution in [3.63, 3.8) is 0 Å². The summed E-state index contributed by atoms with van der Waals surface area (Å²) in [6.07, 6.45) is 3.09. The Morgan fingerprint density at radius 1 is 1.75 bits per heavy atom. The number of carbonyl (C=O) groups is 1. The van der Waals surface area contributed by atoms with Crippen molar-refractivity contribution < 1.29 is 9.63 Å². The van der Waals surface area contributed by atoms with Gasteiger partial charge >= 0.3 is 0 Å². The number of rotatable bonds is 0. The molecule has 1 aliphatic heterocycles. The minimum Gasteiger partial charge on any atom is -0.269 e. The number of hydrogen-bond donors (Lipinski definition) is 1. The van der Waals surface area contributed by atoms with Crippen molar-refractivity contribution in [1.29, 1.82) is 0 Å². The van der Waals surface area contributed by atoms with Gasteiger partial charge in [0, 0.05) is 6.08 Å². The van der Waals surface area contributed by atoms with Crippen molar-refractivity contribution in [2.75, 3.05) is 6.61 Å². The van der Waals surface area contributed by atoms with Gasteiger partial charge in [0.2, 0.25) is 0 Å².